The Labute approximate surface area is 121 Å². The molecule has 0 bridgehead atoms. The number of hydrogen-bond donors (Lipinski definition) is 2. The normalized spacial score (nSPS) is 22.3. The number of carbonyl (C=O) groups is 1. The van der Waals surface area contributed by atoms with Crippen molar-refractivity contribution in [3.63, 3.8) is 0 Å². The summed E-state index contributed by atoms with van der Waals surface area (Å²) < 4.78 is 11.2. The highest BCUT2D eigenvalue weighted by molar-refractivity contribution is 5.78. The molecule has 1 aromatic rings. The molecular formula is C13H17N3O5. The molecule has 8 nitrogen and oxygen atoms in total. The van der Waals surface area contributed by atoms with E-state index in [9.17, 15) is 14.9 Å². The first-order chi connectivity index (χ1) is 10.1. The van der Waals surface area contributed by atoms with Crippen molar-refractivity contribution < 1.29 is 19.2 Å². The number of amides is 1. The van der Waals surface area contributed by atoms with Crippen LogP contribution in [0.15, 0.2) is 24.3 Å². The Morgan fingerprint density at radius 1 is 1.38 bits per heavy atom. The number of ether oxygens (including phenoxy) is 2. The predicted molar refractivity (Wildman–Crippen MR) is 73.3 cm³/mol. The van der Waals surface area contributed by atoms with Crippen LogP contribution in [0.3, 0.4) is 0 Å². The van der Waals surface area contributed by atoms with Crippen molar-refractivity contribution in [2.45, 2.75) is 18.8 Å². The van der Waals surface area contributed by atoms with Gasteiger partial charge in [-0.05, 0) is 18.6 Å². The number of nitro benzene ring substituents is 1. The molecule has 2 atom stereocenters. The van der Waals surface area contributed by atoms with Gasteiger partial charge in [-0.2, -0.15) is 0 Å². The van der Waals surface area contributed by atoms with Gasteiger partial charge < -0.3 is 20.5 Å². The van der Waals surface area contributed by atoms with Crippen molar-refractivity contribution in [3.8, 4) is 0 Å². The second-order valence-corrected chi connectivity index (χ2v) is 4.64. The molecule has 1 aliphatic rings. The van der Waals surface area contributed by atoms with Gasteiger partial charge in [0, 0.05) is 17.7 Å². The van der Waals surface area contributed by atoms with Crippen molar-refractivity contribution in [1.82, 2.24) is 5.32 Å². The number of nitro groups is 1. The summed E-state index contributed by atoms with van der Waals surface area (Å²) in [5.74, 6) is -0.239. The zero-order valence-corrected chi connectivity index (χ0v) is 11.4. The second kappa shape index (κ2) is 7.11. The third kappa shape index (κ3) is 4.22. The fraction of sp³-hybridized carbons (Fsp3) is 0.462. The lowest BCUT2D eigenvalue weighted by molar-refractivity contribution is -0.384. The minimum atomic E-state index is -0.592. The number of nitrogens with one attached hydrogen (secondary N) is 1. The van der Waals surface area contributed by atoms with Gasteiger partial charge in [-0.1, -0.05) is 0 Å². The lowest BCUT2D eigenvalue weighted by Gasteiger charge is -2.17. The molecule has 1 heterocycles. The third-order valence-corrected chi connectivity index (χ3v) is 3.11. The van der Waals surface area contributed by atoms with Gasteiger partial charge in [0.05, 0.1) is 30.7 Å². The Kier molecular flexibility index (Phi) is 5.20. The topological polar surface area (TPSA) is 117 Å². The van der Waals surface area contributed by atoms with Crippen LogP contribution < -0.4 is 11.1 Å². The highest BCUT2D eigenvalue weighted by Crippen LogP contribution is 2.24. The Hall–Kier alpha value is -2.03. The van der Waals surface area contributed by atoms with E-state index in [0.29, 0.717) is 25.2 Å². The van der Waals surface area contributed by atoms with Crippen molar-refractivity contribution >= 4 is 11.6 Å². The Morgan fingerprint density at radius 3 is 2.71 bits per heavy atom. The Bertz CT molecular complexity index is 505. The van der Waals surface area contributed by atoms with E-state index in [1.54, 1.807) is 12.1 Å². The fourth-order valence-corrected chi connectivity index (χ4v) is 2.00. The van der Waals surface area contributed by atoms with Crippen LogP contribution in [0.4, 0.5) is 5.69 Å². The molecule has 21 heavy (non-hydrogen) atoms. The quantitative estimate of drug-likeness (QED) is 0.616. The molecule has 0 unspecified atom stereocenters. The first kappa shape index (κ1) is 15.4. The van der Waals surface area contributed by atoms with Crippen LogP contribution in [0.1, 0.15) is 18.3 Å². The zero-order valence-electron chi connectivity index (χ0n) is 11.4. The molecule has 1 amide bonds. The van der Waals surface area contributed by atoms with Gasteiger partial charge in [0.1, 0.15) is 0 Å². The zero-order chi connectivity index (χ0) is 15.2. The lowest BCUT2D eigenvalue weighted by atomic mass is 10.2. The van der Waals surface area contributed by atoms with E-state index in [2.05, 4.69) is 5.32 Å². The summed E-state index contributed by atoms with van der Waals surface area (Å²) in [5.41, 5.74) is 5.96. The number of benzene rings is 1. The maximum Gasteiger partial charge on any atom is 0.269 e. The maximum absolute atomic E-state index is 11.2. The van der Waals surface area contributed by atoms with Gasteiger partial charge >= 0.3 is 0 Å². The summed E-state index contributed by atoms with van der Waals surface area (Å²) in [6.07, 6.45) is 0.0282. The first-order valence-corrected chi connectivity index (χ1v) is 6.57. The number of nitrogens with two attached hydrogens (primary N) is 1. The third-order valence-electron chi connectivity index (χ3n) is 3.11. The van der Waals surface area contributed by atoms with Crippen molar-refractivity contribution in [2.24, 2.45) is 5.73 Å². The summed E-state index contributed by atoms with van der Waals surface area (Å²) in [6.45, 7) is 0.647. The molecule has 1 aliphatic heterocycles. The lowest BCUT2D eigenvalue weighted by Crippen LogP contribution is -2.41. The Balaban J connectivity index is 1.96. The van der Waals surface area contributed by atoms with Crippen LogP contribution in [0.5, 0.6) is 0 Å². The summed E-state index contributed by atoms with van der Waals surface area (Å²) >= 11 is 0. The second-order valence-electron chi connectivity index (χ2n) is 4.64. The van der Waals surface area contributed by atoms with Gasteiger partial charge in [0.15, 0.2) is 6.29 Å². The number of rotatable bonds is 4. The van der Waals surface area contributed by atoms with Gasteiger partial charge in [-0.25, -0.2) is 0 Å². The molecular weight excluding hydrogens is 278 g/mol. The van der Waals surface area contributed by atoms with E-state index in [1.807, 2.05) is 0 Å². The molecule has 0 saturated carbocycles. The van der Waals surface area contributed by atoms with E-state index in [0.717, 1.165) is 0 Å². The summed E-state index contributed by atoms with van der Waals surface area (Å²) in [7, 11) is 0. The van der Waals surface area contributed by atoms with E-state index < -0.39 is 11.2 Å². The number of nitrogens with zero attached hydrogens (tertiary/aromatic N) is 1. The monoisotopic (exact) mass is 295 g/mol. The minimum absolute atomic E-state index is 0.0143. The number of non-ortho nitro benzene ring substituents is 1. The van der Waals surface area contributed by atoms with Crippen molar-refractivity contribution in [3.05, 3.63) is 39.9 Å². The van der Waals surface area contributed by atoms with Gasteiger partial charge in [-0.3, -0.25) is 14.9 Å². The van der Waals surface area contributed by atoms with Gasteiger partial charge in [-0.15, -0.1) is 0 Å². The van der Waals surface area contributed by atoms with Crippen LogP contribution in [-0.4, -0.2) is 36.6 Å². The fourth-order valence-electron chi connectivity index (χ4n) is 2.00. The van der Waals surface area contributed by atoms with Gasteiger partial charge in [0.2, 0.25) is 5.91 Å². The molecule has 114 valence electrons. The number of carbonyl (C=O) groups excluding carboxylic acids is 1. The SMILES string of the molecule is NCC(=O)N[C@H]1CCO[C@H](c2ccc([N+](=O)[O-])cc2)OC1. The molecule has 2 rings (SSSR count). The van der Waals surface area contributed by atoms with Crippen LogP contribution in [0, 0.1) is 10.1 Å². The van der Waals surface area contributed by atoms with E-state index in [-0.39, 0.29) is 24.2 Å². The van der Waals surface area contributed by atoms with Crippen LogP contribution in [0.2, 0.25) is 0 Å². The molecule has 8 heteroatoms. The molecule has 0 radical (unpaired) electrons. The molecule has 1 aromatic carbocycles. The largest absolute Gasteiger partial charge is 0.350 e. The summed E-state index contributed by atoms with van der Waals surface area (Å²) in [5, 5.41) is 13.4. The molecule has 0 aromatic heterocycles. The molecule has 1 saturated heterocycles. The van der Waals surface area contributed by atoms with E-state index in [1.165, 1.54) is 12.1 Å². The standard InChI is InChI=1S/C13H17N3O5/c14-7-12(17)15-10-5-6-20-13(21-8-10)9-1-3-11(4-2-9)16(18)19/h1-4,10,13H,5-8,14H2,(H,15,17)/t10-,13-/m0/s1. The average Bonchev–Trinajstić information content (AvgIpc) is 2.73. The van der Waals surface area contributed by atoms with Gasteiger partial charge in [0.25, 0.3) is 5.69 Å². The van der Waals surface area contributed by atoms with Crippen LogP contribution >= 0.6 is 0 Å². The van der Waals surface area contributed by atoms with Crippen molar-refractivity contribution in [1.29, 1.82) is 0 Å². The highest BCUT2D eigenvalue weighted by Gasteiger charge is 2.22. The molecule has 0 spiro atoms. The highest BCUT2D eigenvalue weighted by atomic mass is 16.7. The molecule has 1 fully saturated rings. The first-order valence-electron chi connectivity index (χ1n) is 6.57. The number of hydrogen-bond acceptors (Lipinski definition) is 6. The summed E-state index contributed by atoms with van der Waals surface area (Å²) in [6, 6.07) is 5.86. The average molecular weight is 295 g/mol. The van der Waals surface area contributed by atoms with Crippen molar-refractivity contribution in [2.75, 3.05) is 19.8 Å². The minimum Gasteiger partial charge on any atom is -0.350 e. The summed E-state index contributed by atoms with van der Waals surface area (Å²) in [4.78, 5) is 21.4. The van der Waals surface area contributed by atoms with E-state index in [4.69, 9.17) is 15.2 Å². The van der Waals surface area contributed by atoms with Crippen LogP contribution in [-0.2, 0) is 14.3 Å². The molecule has 0 aliphatic carbocycles. The smallest absolute Gasteiger partial charge is 0.269 e. The van der Waals surface area contributed by atoms with Crippen LogP contribution in [0.25, 0.3) is 0 Å². The molecule has 3 N–H and O–H groups in total. The Morgan fingerprint density at radius 2 is 2.10 bits per heavy atom. The van der Waals surface area contributed by atoms with E-state index >= 15 is 0 Å². The predicted octanol–water partition coefficient (Wildman–Crippen LogP) is 0.474. The maximum atomic E-state index is 11.2.